The molecule has 0 unspecified atom stereocenters. The second-order valence-corrected chi connectivity index (χ2v) is 4.00. The van der Waals surface area contributed by atoms with Crippen LogP contribution >= 0.6 is 0 Å². The first kappa shape index (κ1) is 10.8. The van der Waals surface area contributed by atoms with E-state index in [1.807, 2.05) is 12.1 Å². The van der Waals surface area contributed by atoms with Crippen LogP contribution in [0.5, 0.6) is 0 Å². The highest BCUT2D eigenvalue weighted by molar-refractivity contribution is 5.82. The molecule has 0 aromatic heterocycles. The lowest BCUT2D eigenvalue weighted by molar-refractivity contribution is -0.130. The van der Waals surface area contributed by atoms with E-state index in [1.54, 1.807) is 12.1 Å². The molecule has 0 N–H and O–H groups in total. The van der Waals surface area contributed by atoms with Crippen molar-refractivity contribution >= 4 is 5.78 Å². The molecular formula is C13H13NO2. The third-order valence-electron chi connectivity index (χ3n) is 2.83. The largest absolute Gasteiger partial charge is 0.380 e. The summed E-state index contributed by atoms with van der Waals surface area (Å²) in [7, 11) is 0. The topological polar surface area (TPSA) is 50.1 Å². The summed E-state index contributed by atoms with van der Waals surface area (Å²) in [5, 5.41) is 8.67. The van der Waals surface area contributed by atoms with Crippen LogP contribution in [0, 0.1) is 17.2 Å². The summed E-state index contributed by atoms with van der Waals surface area (Å²) in [5.74, 6) is 0.275. The molecule has 1 atom stereocenters. The molecule has 2 rings (SSSR count). The predicted octanol–water partition coefficient (Wildman–Crippen LogP) is 1.71. The molecule has 1 aromatic carbocycles. The fraction of sp³-hybridized carbons (Fsp3) is 0.385. The average molecular weight is 215 g/mol. The number of rotatable bonds is 2. The monoisotopic (exact) mass is 215 g/mol. The number of nitrogens with zero attached hydrogens (tertiary/aromatic N) is 1. The molecule has 1 aliphatic rings. The van der Waals surface area contributed by atoms with Gasteiger partial charge >= 0.3 is 0 Å². The number of hydrogen-bond donors (Lipinski definition) is 0. The highest BCUT2D eigenvalue weighted by Crippen LogP contribution is 2.16. The molecule has 16 heavy (non-hydrogen) atoms. The minimum atomic E-state index is -0.0123. The van der Waals surface area contributed by atoms with Gasteiger partial charge in [-0.05, 0) is 24.1 Å². The Kier molecular flexibility index (Phi) is 3.33. The van der Waals surface area contributed by atoms with Crippen molar-refractivity contribution in [1.82, 2.24) is 0 Å². The van der Waals surface area contributed by atoms with E-state index in [0.717, 1.165) is 5.56 Å². The van der Waals surface area contributed by atoms with E-state index in [0.29, 0.717) is 31.6 Å². The second-order valence-electron chi connectivity index (χ2n) is 4.00. The maximum absolute atomic E-state index is 11.6. The lowest BCUT2D eigenvalue weighted by Crippen LogP contribution is -2.29. The molecule has 3 nitrogen and oxygen atoms in total. The van der Waals surface area contributed by atoms with Crippen molar-refractivity contribution < 1.29 is 9.53 Å². The van der Waals surface area contributed by atoms with Crippen molar-refractivity contribution in [2.24, 2.45) is 5.92 Å². The Balaban J connectivity index is 2.03. The minimum Gasteiger partial charge on any atom is -0.380 e. The SMILES string of the molecule is N#Cc1ccc(C[C@@H]2COCCC2=O)cc1. The van der Waals surface area contributed by atoms with Crippen LogP contribution in [0.3, 0.4) is 0 Å². The number of ether oxygens (including phenoxy) is 1. The molecule has 0 bridgehead atoms. The summed E-state index contributed by atoms with van der Waals surface area (Å²) in [6.07, 6.45) is 1.24. The van der Waals surface area contributed by atoms with Gasteiger partial charge in [0.1, 0.15) is 5.78 Å². The van der Waals surface area contributed by atoms with Crippen LogP contribution in [0.4, 0.5) is 0 Å². The Labute approximate surface area is 94.6 Å². The highest BCUT2D eigenvalue weighted by atomic mass is 16.5. The Morgan fingerprint density at radius 2 is 2.12 bits per heavy atom. The summed E-state index contributed by atoms with van der Waals surface area (Å²) in [6.45, 7) is 1.08. The fourth-order valence-electron chi connectivity index (χ4n) is 1.87. The number of carbonyl (C=O) groups excluding carboxylic acids is 1. The first-order valence-corrected chi connectivity index (χ1v) is 5.39. The zero-order chi connectivity index (χ0) is 11.4. The van der Waals surface area contributed by atoms with Crippen LogP contribution in [0.2, 0.25) is 0 Å². The first-order chi connectivity index (χ1) is 7.79. The molecule has 1 aromatic rings. The predicted molar refractivity (Wildman–Crippen MR) is 58.8 cm³/mol. The Hall–Kier alpha value is -1.66. The molecule has 0 saturated carbocycles. The molecular weight excluding hydrogens is 202 g/mol. The van der Waals surface area contributed by atoms with E-state index in [9.17, 15) is 4.79 Å². The number of benzene rings is 1. The smallest absolute Gasteiger partial charge is 0.140 e. The van der Waals surface area contributed by atoms with Gasteiger partial charge < -0.3 is 4.74 Å². The van der Waals surface area contributed by atoms with Crippen molar-refractivity contribution in [3.05, 3.63) is 35.4 Å². The summed E-state index contributed by atoms with van der Waals surface area (Å²) >= 11 is 0. The summed E-state index contributed by atoms with van der Waals surface area (Å²) in [5.41, 5.74) is 1.73. The Bertz CT molecular complexity index is 417. The van der Waals surface area contributed by atoms with E-state index in [4.69, 9.17) is 10.00 Å². The molecule has 0 aliphatic carbocycles. The van der Waals surface area contributed by atoms with Crippen LogP contribution < -0.4 is 0 Å². The van der Waals surface area contributed by atoms with Gasteiger partial charge in [0.05, 0.1) is 24.8 Å². The molecule has 0 spiro atoms. The molecule has 1 aliphatic heterocycles. The van der Waals surface area contributed by atoms with Crippen LogP contribution in [-0.4, -0.2) is 19.0 Å². The lowest BCUT2D eigenvalue weighted by Gasteiger charge is -2.20. The van der Waals surface area contributed by atoms with E-state index < -0.39 is 0 Å². The maximum atomic E-state index is 11.6. The van der Waals surface area contributed by atoms with Gasteiger partial charge in [-0.1, -0.05) is 12.1 Å². The van der Waals surface area contributed by atoms with Gasteiger partial charge in [0.25, 0.3) is 0 Å². The number of carbonyl (C=O) groups is 1. The van der Waals surface area contributed by atoms with Crippen molar-refractivity contribution in [3.63, 3.8) is 0 Å². The maximum Gasteiger partial charge on any atom is 0.140 e. The quantitative estimate of drug-likeness (QED) is 0.754. The minimum absolute atomic E-state index is 0.0123. The molecule has 3 heteroatoms. The van der Waals surface area contributed by atoms with Gasteiger partial charge in [-0.15, -0.1) is 0 Å². The van der Waals surface area contributed by atoms with Crippen molar-refractivity contribution in [2.45, 2.75) is 12.8 Å². The van der Waals surface area contributed by atoms with E-state index in [2.05, 4.69) is 6.07 Å². The molecule has 0 amide bonds. The second kappa shape index (κ2) is 4.91. The van der Waals surface area contributed by atoms with Gasteiger partial charge in [0.2, 0.25) is 0 Å². The number of nitriles is 1. The molecule has 1 saturated heterocycles. The van der Waals surface area contributed by atoms with Crippen LogP contribution in [0.25, 0.3) is 0 Å². The Morgan fingerprint density at radius 3 is 2.75 bits per heavy atom. The molecule has 0 radical (unpaired) electrons. The van der Waals surface area contributed by atoms with Crippen molar-refractivity contribution in [2.75, 3.05) is 13.2 Å². The normalized spacial score (nSPS) is 20.4. The van der Waals surface area contributed by atoms with Crippen molar-refractivity contribution in [3.8, 4) is 6.07 Å². The van der Waals surface area contributed by atoms with Gasteiger partial charge in [-0.25, -0.2) is 0 Å². The van der Waals surface area contributed by atoms with E-state index in [1.165, 1.54) is 0 Å². The van der Waals surface area contributed by atoms with Crippen LogP contribution in [0.15, 0.2) is 24.3 Å². The number of hydrogen-bond acceptors (Lipinski definition) is 3. The van der Waals surface area contributed by atoms with E-state index >= 15 is 0 Å². The van der Waals surface area contributed by atoms with Gasteiger partial charge in [0, 0.05) is 12.3 Å². The summed E-state index contributed by atoms with van der Waals surface area (Å²) < 4.78 is 5.30. The van der Waals surface area contributed by atoms with Crippen molar-refractivity contribution in [1.29, 1.82) is 5.26 Å². The summed E-state index contributed by atoms with van der Waals surface area (Å²) in [4.78, 5) is 11.6. The highest BCUT2D eigenvalue weighted by Gasteiger charge is 2.22. The van der Waals surface area contributed by atoms with Gasteiger partial charge in [0.15, 0.2) is 0 Å². The van der Waals surface area contributed by atoms with Crippen LogP contribution in [0.1, 0.15) is 17.5 Å². The first-order valence-electron chi connectivity index (χ1n) is 5.39. The fourth-order valence-corrected chi connectivity index (χ4v) is 1.87. The summed E-state index contributed by atoms with van der Waals surface area (Å²) in [6, 6.07) is 9.44. The number of Topliss-reactive ketones (excluding diaryl/α,β-unsaturated/α-hetero) is 1. The third kappa shape index (κ3) is 2.47. The lowest BCUT2D eigenvalue weighted by atomic mass is 9.93. The molecule has 1 heterocycles. The standard InChI is InChI=1S/C13H13NO2/c14-8-11-3-1-10(2-4-11)7-12-9-16-6-5-13(12)15/h1-4,12H,5-7,9H2/t12-/m1/s1. The zero-order valence-corrected chi connectivity index (χ0v) is 8.98. The van der Waals surface area contributed by atoms with Gasteiger partial charge in [-0.2, -0.15) is 5.26 Å². The molecule has 82 valence electrons. The average Bonchev–Trinajstić information content (AvgIpc) is 2.33. The molecule has 1 fully saturated rings. The zero-order valence-electron chi connectivity index (χ0n) is 8.98. The third-order valence-corrected chi connectivity index (χ3v) is 2.83. The number of ketones is 1. The van der Waals surface area contributed by atoms with E-state index in [-0.39, 0.29) is 11.7 Å². The van der Waals surface area contributed by atoms with Gasteiger partial charge in [-0.3, -0.25) is 4.79 Å². The Morgan fingerprint density at radius 1 is 1.38 bits per heavy atom. The van der Waals surface area contributed by atoms with Crippen LogP contribution in [-0.2, 0) is 16.0 Å².